The van der Waals surface area contributed by atoms with Gasteiger partial charge in [-0.05, 0) is 44.0 Å². The second kappa shape index (κ2) is 6.06. The minimum atomic E-state index is 0.281. The van der Waals surface area contributed by atoms with Crippen molar-refractivity contribution in [1.82, 2.24) is 9.80 Å². The second-order valence-electron chi connectivity index (χ2n) is 6.21. The van der Waals surface area contributed by atoms with Crippen LogP contribution in [0.5, 0.6) is 5.75 Å². The highest BCUT2D eigenvalue weighted by atomic mass is 16.5. The van der Waals surface area contributed by atoms with E-state index in [2.05, 4.69) is 16.8 Å². The highest BCUT2D eigenvalue weighted by Crippen LogP contribution is 2.30. The number of ether oxygens (including phenoxy) is 1. The maximum Gasteiger partial charge on any atom is 0.222 e. The first-order valence-corrected chi connectivity index (χ1v) is 7.79. The lowest BCUT2D eigenvalue weighted by atomic mass is 10.1. The number of carbonyl (C=O) groups is 1. The fourth-order valence-electron chi connectivity index (χ4n) is 3.69. The Balaban J connectivity index is 1.55. The lowest BCUT2D eigenvalue weighted by Crippen LogP contribution is -2.35. The summed E-state index contributed by atoms with van der Waals surface area (Å²) in [5.41, 5.74) is 1.12. The summed E-state index contributed by atoms with van der Waals surface area (Å²) in [6.07, 6.45) is 2.56. The molecular weight excluding hydrogens is 264 g/mol. The quantitative estimate of drug-likeness (QED) is 0.847. The number of fused-ring (bicyclic) bond motifs is 1. The number of para-hydroxylation sites is 1. The zero-order valence-electron chi connectivity index (χ0n) is 12.9. The molecular formula is C17H24N2O2. The summed E-state index contributed by atoms with van der Waals surface area (Å²) in [6.45, 7) is 3.03. The van der Waals surface area contributed by atoms with Crippen LogP contribution in [0.4, 0.5) is 0 Å². The van der Waals surface area contributed by atoms with E-state index < -0.39 is 0 Å². The minimum absolute atomic E-state index is 0.281. The first-order valence-electron chi connectivity index (χ1n) is 7.79. The van der Waals surface area contributed by atoms with E-state index in [1.165, 1.54) is 13.0 Å². The van der Waals surface area contributed by atoms with Gasteiger partial charge in [-0.25, -0.2) is 0 Å². The van der Waals surface area contributed by atoms with Crippen LogP contribution in [0.15, 0.2) is 24.3 Å². The maximum atomic E-state index is 12.4. The van der Waals surface area contributed by atoms with Gasteiger partial charge in [0, 0.05) is 25.6 Å². The Kier molecular flexibility index (Phi) is 4.15. The number of hydrogen-bond acceptors (Lipinski definition) is 3. The zero-order valence-corrected chi connectivity index (χ0v) is 12.9. The van der Waals surface area contributed by atoms with E-state index >= 15 is 0 Å². The van der Waals surface area contributed by atoms with E-state index in [0.717, 1.165) is 30.8 Å². The fraction of sp³-hybridized carbons (Fsp3) is 0.588. The molecule has 4 heteroatoms. The van der Waals surface area contributed by atoms with Crippen LogP contribution in [-0.2, 0) is 11.2 Å². The van der Waals surface area contributed by atoms with E-state index in [4.69, 9.17) is 4.74 Å². The van der Waals surface area contributed by atoms with E-state index in [1.807, 2.05) is 24.3 Å². The molecule has 0 saturated carbocycles. The highest BCUT2D eigenvalue weighted by Gasteiger charge is 2.40. The van der Waals surface area contributed by atoms with Crippen molar-refractivity contribution < 1.29 is 9.53 Å². The van der Waals surface area contributed by atoms with Gasteiger partial charge in [-0.1, -0.05) is 18.2 Å². The van der Waals surface area contributed by atoms with Crippen LogP contribution < -0.4 is 4.74 Å². The van der Waals surface area contributed by atoms with Crippen molar-refractivity contribution in [3.63, 3.8) is 0 Å². The number of likely N-dealkylation sites (N-methyl/N-ethyl adjacent to an activating group) is 1. The molecule has 1 aromatic rings. The van der Waals surface area contributed by atoms with Crippen molar-refractivity contribution in [2.45, 2.75) is 25.3 Å². The molecule has 0 radical (unpaired) electrons. The molecule has 0 bridgehead atoms. The lowest BCUT2D eigenvalue weighted by Gasteiger charge is -2.21. The van der Waals surface area contributed by atoms with Gasteiger partial charge in [-0.15, -0.1) is 0 Å². The van der Waals surface area contributed by atoms with E-state index in [1.54, 1.807) is 7.11 Å². The van der Waals surface area contributed by atoms with Gasteiger partial charge in [0.15, 0.2) is 0 Å². The number of likely N-dealkylation sites (tertiary alicyclic amines) is 2. The zero-order chi connectivity index (χ0) is 14.8. The molecule has 3 rings (SSSR count). The van der Waals surface area contributed by atoms with Crippen LogP contribution in [0, 0.1) is 5.92 Å². The predicted octanol–water partition coefficient (Wildman–Crippen LogP) is 1.79. The summed E-state index contributed by atoms with van der Waals surface area (Å²) in [5.74, 6) is 1.84. The first-order chi connectivity index (χ1) is 10.2. The summed E-state index contributed by atoms with van der Waals surface area (Å²) in [5, 5.41) is 0. The third kappa shape index (κ3) is 2.91. The number of carbonyl (C=O) groups excluding carboxylic acids is 1. The average molecular weight is 288 g/mol. The molecule has 1 aromatic carbocycles. The number of amides is 1. The van der Waals surface area contributed by atoms with Crippen LogP contribution in [0.1, 0.15) is 18.4 Å². The monoisotopic (exact) mass is 288 g/mol. The van der Waals surface area contributed by atoms with Crippen LogP contribution >= 0.6 is 0 Å². The third-order valence-corrected chi connectivity index (χ3v) is 4.98. The molecule has 114 valence electrons. The predicted molar refractivity (Wildman–Crippen MR) is 82.4 cm³/mol. The fourth-order valence-corrected chi connectivity index (χ4v) is 3.69. The van der Waals surface area contributed by atoms with Crippen molar-refractivity contribution in [3.8, 4) is 5.75 Å². The van der Waals surface area contributed by atoms with Gasteiger partial charge in [0.2, 0.25) is 5.91 Å². The Morgan fingerprint density at radius 3 is 2.90 bits per heavy atom. The standard InChI is InChI=1S/C17H24N2O2/c1-18-10-9-14-11-19(12-15(14)18)17(20)8-7-13-5-3-4-6-16(13)21-2/h3-6,14-15H,7-12H2,1-2H3/t14-,15+/m1/s1. The van der Waals surface area contributed by atoms with Crippen molar-refractivity contribution in [1.29, 1.82) is 0 Å². The Bertz CT molecular complexity index is 517. The first kappa shape index (κ1) is 14.4. The van der Waals surface area contributed by atoms with Gasteiger partial charge in [0.1, 0.15) is 5.75 Å². The van der Waals surface area contributed by atoms with Crippen LogP contribution in [0.2, 0.25) is 0 Å². The molecule has 21 heavy (non-hydrogen) atoms. The van der Waals surface area contributed by atoms with Crippen molar-refractivity contribution in [2.24, 2.45) is 5.92 Å². The Morgan fingerprint density at radius 1 is 1.33 bits per heavy atom. The minimum Gasteiger partial charge on any atom is -0.496 e. The highest BCUT2D eigenvalue weighted by molar-refractivity contribution is 5.77. The number of rotatable bonds is 4. The molecule has 2 aliphatic heterocycles. The van der Waals surface area contributed by atoms with Gasteiger partial charge in [-0.3, -0.25) is 4.79 Å². The van der Waals surface area contributed by atoms with Crippen molar-refractivity contribution >= 4 is 5.91 Å². The molecule has 0 unspecified atom stereocenters. The number of nitrogens with zero attached hydrogens (tertiary/aromatic N) is 2. The van der Waals surface area contributed by atoms with Crippen LogP contribution in [0.3, 0.4) is 0 Å². The number of aryl methyl sites for hydroxylation is 1. The van der Waals surface area contributed by atoms with Crippen molar-refractivity contribution in [2.75, 3.05) is 33.8 Å². The van der Waals surface area contributed by atoms with Gasteiger partial charge in [0.25, 0.3) is 0 Å². The van der Waals surface area contributed by atoms with Crippen molar-refractivity contribution in [3.05, 3.63) is 29.8 Å². The molecule has 0 aliphatic carbocycles. The van der Waals surface area contributed by atoms with Gasteiger partial charge < -0.3 is 14.5 Å². The number of benzene rings is 1. The molecule has 2 aliphatic rings. The Morgan fingerprint density at radius 2 is 2.14 bits per heavy atom. The molecule has 2 fully saturated rings. The summed E-state index contributed by atoms with van der Waals surface area (Å²) in [4.78, 5) is 16.9. The van der Waals surface area contributed by atoms with Crippen LogP contribution in [-0.4, -0.2) is 55.5 Å². The number of methoxy groups -OCH3 is 1. The molecule has 0 spiro atoms. The third-order valence-electron chi connectivity index (χ3n) is 4.98. The average Bonchev–Trinajstić information content (AvgIpc) is 3.07. The Labute approximate surface area is 126 Å². The molecule has 2 heterocycles. The summed E-state index contributed by atoms with van der Waals surface area (Å²) >= 11 is 0. The van der Waals surface area contributed by atoms with Crippen LogP contribution in [0.25, 0.3) is 0 Å². The summed E-state index contributed by atoms with van der Waals surface area (Å²) < 4.78 is 5.35. The molecule has 2 atom stereocenters. The summed E-state index contributed by atoms with van der Waals surface area (Å²) in [6, 6.07) is 8.53. The second-order valence-corrected chi connectivity index (χ2v) is 6.21. The molecule has 4 nitrogen and oxygen atoms in total. The maximum absolute atomic E-state index is 12.4. The molecule has 1 amide bonds. The van der Waals surface area contributed by atoms with Gasteiger partial charge >= 0.3 is 0 Å². The largest absolute Gasteiger partial charge is 0.496 e. The SMILES string of the molecule is COc1ccccc1CCC(=O)N1C[C@H]2CCN(C)[C@H]2C1. The molecule has 2 saturated heterocycles. The van der Waals surface area contributed by atoms with E-state index in [-0.39, 0.29) is 5.91 Å². The van der Waals surface area contributed by atoms with E-state index in [9.17, 15) is 4.79 Å². The van der Waals surface area contributed by atoms with E-state index in [0.29, 0.717) is 18.4 Å². The smallest absolute Gasteiger partial charge is 0.222 e. The van der Waals surface area contributed by atoms with Gasteiger partial charge in [-0.2, -0.15) is 0 Å². The normalized spacial score (nSPS) is 25.1. The Hall–Kier alpha value is -1.55. The van der Waals surface area contributed by atoms with Gasteiger partial charge in [0.05, 0.1) is 7.11 Å². The number of hydrogen-bond donors (Lipinski definition) is 0. The summed E-state index contributed by atoms with van der Waals surface area (Å²) in [7, 11) is 3.85. The molecule has 0 N–H and O–H groups in total. The lowest BCUT2D eigenvalue weighted by molar-refractivity contribution is -0.130. The molecule has 0 aromatic heterocycles. The topological polar surface area (TPSA) is 32.8 Å².